The lowest BCUT2D eigenvalue weighted by molar-refractivity contribution is -0.928. The van der Waals surface area contributed by atoms with Gasteiger partial charge < -0.3 is 22.2 Å². The summed E-state index contributed by atoms with van der Waals surface area (Å²) in [6.07, 6.45) is 5.08. The van der Waals surface area contributed by atoms with E-state index in [0.717, 1.165) is 41.3 Å². The van der Waals surface area contributed by atoms with Crippen molar-refractivity contribution in [1.82, 2.24) is 0 Å². The molecule has 3 heterocycles. The van der Waals surface area contributed by atoms with E-state index in [2.05, 4.69) is 42.2 Å². The molecular weight excluding hydrogens is 308 g/mol. The predicted molar refractivity (Wildman–Crippen MR) is 95.2 cm³/mol. The van der Waals surface area contributed by atoms with E-state index in [4.69, 9.17) is 13.3 Å². The molecule has 0 atom stereocenters. The smallest absolute Gasteiger partial charge is 0.367 e. The second-order valence-corrected chi connectivity index (χ2v) is 11.7. The first-order valence-electron chi connectivity index (χ1n) is 9.19. The first-order chi connectivity index (χ1) is 10.6. The molecule has 3 saturated heterocycles. The summed E-state index contributed by atoms with van der Waals surface area (Å²) >= 11 is 0. The van der Waals surface area contributed by atoms with E-state index >= 15 is 0 Å². The first-order valence-corrected chi connectivity index (χ1v) is 11.1. The summed E-state index contributed by atoms with van der Waals surface area (Å²) in [4.78, 5) is 0. The molecule has 0 saturated carbocycles. The van der Waals surface area contributed by atoms with Crippen LogP contribution in [0.25, 0.3) is 0 Å². The van der Waals surface area contributed by atoms with Crippen molar-refractivity contribution in [3.8, 4) is 0 Å². The van der Waals surface area contributed by atoms with Crippen LogP contribution in [-0.4, -0.2) is 91.5 Å². The molecule has 0 unspecified atom stereocenters. The van der Waals surface area contributed by atoms with E-state index in [0.29, 0.717) is 0 Å². The van der Waals surface area contributed by atoms with Gasteiger partial charge in [0.05, 0.1) is 68.1 Å². The zero-order valence-electron chi connectivity index (χ0n) is 16.2. The van der Waals surface area contributed by atoms with Crippen molar-refractivity contribution in [2.75, 3.05) is 68.1 Å². The van der Waals surface area contributed by atoms with E-state index in [9.17, 15) is 0 Å². The molecule has 0 aromatic heterocycles. The third kappa shape index (κ3) is 4.55. The molecule has 3 rings (SSSR count). The molecule has 5 nitrogen and oxygen atoms in total. The number of likely N-dealkylation sites (N-methyl/N-ethyl adjacent to an activating group) is 1. The number of unbranched alkanes of at least 4 members (excludes halogenated alkanes) is 2. The molecule has 0 aromatic rings. The van der Waals surface area contributed by atoms with Crippen LogP contribution in [0.5, 0.6) is 0 Å². The minimum Gasteiger partial charge on any atom is -0.367 e. The molecule has 3 aliphatic heterocycles. The summed E-state index contributed by atoms with van der Waals surface area (Å²) in [6, 6.07) is 0.968. The van der Waals surface area contributed by atoms with E-state index in [-0.39, 0.29) is 5.54 Å². The number of hydrogen-bond acceptors (Lipinski definition) is 3. The lowest BCUT2D eigenvalue weighted by atomic mass is 9.99. The van der Waals surface area contributed by atoms with Gasteiger partial charge in [-0.1, -0.05) is 13.3 Å². The fourth-order valence-electron chi connectivity index (χ4n) is 3.41. The largest absolute Gasteiger partial charge is 0.501 e. The summed E-state index contributed by atoms with van der Waals surface area (Å²) in [5.41, 5.74) is -0.0236. The number of nitrogens with zero attached hydrogens (tertiary/aromatic N) is 2. The standard InChI is InChI=1S/C17H38N2O3Si/c1-7-8-9-11-19(5,6)12-10-13-23-20-14-17(15-21-23,16-22-23)18(2,3)4/h7-16H2,1-6H3/q+2. The number of hydrogen-bond donors (Lipinski definition) is 0. The zero-order valence-corrected chi connectivity index (χ0v) is 17.2. The van der Waals surface area contributed by atoms with Crippen LogP contribution >= 0.6 is 0 Å². The van der Waals surface area contributed by atoms with Gasteiger partial charge in [-0.25, -0.2) is 0 Å². The second-order valence-electron chi connectivity index (χ2n) is 8.98. The highest BCUT2D eigenvalue weighted by molar-refractivity contribution is 6.61. The Bertz CT molecular complexity index is 371. The maximum Gasteiger partial charge on any atom is 0.501 e. The molecular formula is C17H38N2O3Si+2. The van der Waals surface area contributed by atoms with E-state index < -0.39 is 8.80 Å². The summed E-state index contributed by atoms with van der Waals surface area (Å²) < 4.78 is 20.5. The van der Waals surface area contributed by atoms with Crippen molar-refractivity contribution >= 4 is 8.80 Å². The van der Waals surface area contributed by atoms with Crippen molar-refractivity contribution in [2.45, 2.75) is 44.2 Å². The third-order valence-electron chi connectivity index (χ3n) is 5.72. The van der Waals surface area contributed by atoms with Crippen molar-refractivity contribution in [2.24, 2.45) is 0 Å². The molecule has 136 valence electrons. The Kier molecular flexibility index (Phi) is 5.97. The molecule has 0 aliphatic carbocycles. The summed E-state index contributed by atoms with van der Waals surface area (Å²) in [7, 11) is 8.90. The highest BCUT2D eigenvalue weighted by Gasteiger charge is 2.61. The van der Waals surface area contributed by atoms with Crippen LogP contribution in [0.1, 0.15) is 32.6 Å². The average Bonchev–Trinajstić information content (AvgIpc) is 2.48. The Morgan fingerprint density at radius 3 is 1.83 bits per heavy atom. The van der Waals surface area contributed by atoms with Crippen LogP contribution in [0.15, 0.2) is 0 Å². The lowest BCUT2D eigenvalue weighted by Gasteiger charge is -2.55. The quantitative estimate of drug-likeness (QED) is 0.364. The van der Waals surface area contributed by atoms with E-state index in [1.807, 2.05) is 0 Å². The van der Waals surface area contributed by atoms with E-state index in [1.165, 1.54) is 32.4 Å². The van der Waals surface area contributed by atoms with Crippen LogP contribution in [-0.2, 0) is 13.3 Å². The fourth-order valence-corrected chi connectivity index (χ4v) is 6.15. The molecule has 0 radical (unpaired) electrons. The minimum absolute atomic E-state index is 0.0236. The zero-order chi connectivity index (χ0) is 17.2. The predicted octanol–water partition coefficient (Wildman–Crippen LogP) is 2.10. The second kappa shape index (κ2) is 7.10. The van der Waals surface area contributed by atoms with Gasteiger partial charge in [0.15, 0.2) is 5.54 Å². The number of quaternary nitrogens is 2. The van der Waals surface area contributed by atoms with Gasteiger partial charge in [-0.05, 0) is 12.8 Å². The van der Waals surface area contributed by atoms with Crippen LogP contribution in [0.3, 0.4) is 0 Å². The Morgan fingerprint density at radius 2 is 1.35 bits per heavy atom. The van der Waals surface area contributed by atoms with Gasteiger partial charge in [0, 0.05) is 12.5 Å². The third-order valence-corrected chi connectivity index (χ3v) is 8.44. The van der Waals surface area contributed by atoms with Gasteiger partial charge in [0.25, 0.3) is 0 Å². The van der Waals surface area contributed by atoms with Gasteiger partial charge in [0.1, 0.15) is 0 Å². The van der Waals surface area contributed by atoms with Crippen LogP contribution in [0.2, 0.25) is 6.04 Å². The highest BCUT2D eigenvalue weighted by Crippen LogP contribution is 2.37. The van der Waals surface area contributed by atoms with Crippen molar-refractivity contribution in [1.29, 1.82) is 0 Å². The molecule has 0 amide bonds. The Labute approximate surface area is 144 Å². The SMILES string of the molecule is CCCCC[N+](C)(C)CCC[Si]12OCC([N+](C)(C)C)(CO1)CO2. The monoisotopic (exact) mass is 346 g/mol. The molecule has 0 spiro atoms. The number of fused-ring (bicyclic) bond motifs is 3. The maximum atomic E-state index is 6.18. The normalized spacial score (nSPS) is 31.6. The minimum atomic E-state index is -2.37. The molecule has 6 heteroatoms. The fraction of sp³-hybridized carbons (Fsp3) is 1.00. The highest BCUT2D eigenvalue weighted by atomic mass is 28.4. The van der Waals surface area contributed by atoms with Crippen LogP contribution in [0, 0.1) is 0 Å². The van der Waals surface area contributed by atoms with Crippen molar-refractivity contribution < 1.29 is 22.2 Å². The summed E-state index contributed by atoms with van der Waals surface area (Å²) in [5, 5.41) is 0. The van der Waals surface area contributed by atoms with Gasteiger partial charge in [-0.15, -0.1) is 0 Å². The van der Waals surface area contributed by atoms with Crippen LogP contribution < -0.4 is 0 Å². The molecule has 0 N–H and O–H groups in total. The van der Waals surface area contributed by atoms with Gasteiger partial charge in [0.2, 0.25) is 0 Å². The first kappa shape index (κ1) is 19.3. The van der Waals surface area contributed by atoms with Crippen molar-refractivity contribution in [3.05, 3.63) is 0 Å². The van der Waals surface area contributed by atoms with Gasteiger partial charge in [-0.3, -0.25) is 0 Å². The number of rotatable bonds is 9. The molecule has 2 bridgehead atoms. The molecule has 3 fully saturated rings. The maximum absolute atomic E-state index is 6.18. The average molecular weight is 347 g/mol. The summed E-state index contributed by atoms with van der Waals surface area (Å²) in [6.45, 7) is 7.07. The Balaban J connectivity index is 1.78. The lowest BCUT2D eigenvalue weighted by Crippen LogP contribution is -2.76. The van der Waals surface area contributed by atoms with E-state index in [1.54, 1.807) is 0 Å². The summed E-state index contributed by atoms with van der Waals surface area (Å²) in [5.74, 6) is 0. The molecule has 3 aliphatic rings. The Hall–Kier alpha value is 0.0169. The van der Waals surface area contributed by atoms with Gasteiger partial charge >= 0.3 is 8.80 Å². The topological polar surface area (TPSA) is 27.7 Å². The molecule has 0 aromatic carbocycles. The van der Waals surface area contributed by atoms with Crippen LogP contribution in [0.4, 0.5) is 0 Å². The molecule has 23 heavy (non-hydrogen) atoms. The Morgan fingerprint density at radius 1 is 0.826 bits per heavy atom. The van der Waals surface area contributed by atoms with Gasteiger partial charge in [-0.2, -0.15) is 0 Å². The van der Waals surface area contributed by atoms with Crippen molar-refractivity contribution in [3.63, 3.8) is 0 Å².